The van der Waals surface area contributed by atoms with Crippen molar-refractivity contribution in [2.24, 2.45) is 0 Å². The van der Waals surface area contributed by atoms with Crippen LogP contribution < -0.4 is 0 Å². The lowest BCUT2D eigenvalue weighted by Gasteiger charge is -2.09. The Bertz CT molecular complexity index is 689. The molecule has 0 saturated carbocycles. The number of ether oxygens (including phenoxy) is 12. The van der Waals surface area contributed by atoms with Crippen LogP contribution in [0.2, 0.25) is 0 Å². The maximum absolute atomic E-state index is 11.5. The molecule has 0 rings (SSSR count). The average Bonchev–Trinajstić information content (AvgIpc) is 3.18. The fraction of sp³-hybridized carbons (Fsp3) is 0.976. The highest BCUT2D eigenvalue weighted by Gasteiger charge is 2.02. The van der Waals surface area contributed by atoms with E-state index in [2.05, 4.69) is 13.8 Å². The molecule has 0 aromatic rings. The molecular weight excluding hydrogens is 700 g/mol. The molecule has 0 N–H and O–H groups in total. The molecule has 0 aliphatic rings. The number of carbonyl (C=O) groups excluding carboxylic acids is 1. The van der Waals surface area contributed by atoms with Crippen molar-refractivity contribution in [2.75, 3.05) is 152 Å². The van der Waals surface area contributed by atoms with Crippen LogP contribution in [0.3, 0.4) is 0 Å². The van der Waals surface area contributed by atoms with Crippen LogP contribution in [0.5, 0.6) is 0 Å². The molecule has 0 aliphatic heterocycles. The highest BCUT2D eigenvalue weighted by molar-refractivity contribution is 5.69. The normalized spacial score (nSPS) is 11.5. The summed E-state index contributed by atoms with van der Waals surface area (Å²) >= 11 is 0. The Morgan fingerprint density at radius 3 is 0.778 bits per heavy atom. The molecule has 0 aromatic heterocycles. The van der Waals surface area contributed by atoms with Crippen molar-refractivity contribution < 1.29 is 61.6 Å². The summed E-state index contributed by atoms with van der Waals surface area (Å²) < 4.78 is 65.7. The fourth-order valence-corrected chi connectivity index (χ4v) is 4.98. The van der Waals surface area contributed by atoms with Crippen molar-refractivity contribution in [1.29, 1.82) is 0 Å². The van der Waals surface area contributed by atoms with Crippen LogP contribution in [0.4, 0.5) is 0 Å². The third-order valence-electron chi connectivity index (χ3n) is 8.09. The van der Waals surface area contributed by atoms with E-state index in [0.29, 0.717) is 145 Å². The smallest absolute Gasteiger partial charge is 0.305 e. The summed E-state index contributed by atoms with van der Waals surface area (Å²) in [5.74, 6) is -0.157. The quantitative estimate of drug-likeness (QED) is 0.0486. The molecule has 0 spiro atoms. The van der Waals surface area contributed by atoms with Crippen LogP contribution in [-0.4, -0.2) is 158 Å². The van der Waals surface area contributed by atoms with Gasteiger partial charge in [0.1, 0.15) is 6.61 Å². The monoisotopic (exact) mass is 783 g/mol. The van der Waals surface area contributed by atoms with Crippen molar-refractivity contribution in [2.45, 2.75) is 110 Å². The summed E-state index contributed by atoms with van der Waals surface area (Å²) in [5.41, 5.74) is 0. The number of carbonyl (C=O) groups is 1. The third kappa shape index (κ3) is 49.0. The minimum Gasteiger partial charge on any atom is -0.463 e. The molecule has 0 bridgehead atoms. The first-order valence-corrected chi connectivity index (χ1v) is 21.3. The van der Waals surface area contributed by atoms with Crippen molar-refractivity contribution in [3.63, 3.8) is 0 Å². The minimum absolute atomic E-state index is 0.157. The summed E-state index contributed by atoms with van der Waals surface area (Å²) in [4.78, 5) is 11.5. The first kappa shape index (κ1) is 53.0. The Kier molecular flexibility index (Phi) is 49.2. The van der Waals surface area contributed by atoms with Crippen molar-refractivity contribution in [1.82, 2.24) is 0 Å². The second-order valence-electron chi connectivity index (χ2n) is 12.9. The van der Waals surface area contributed by atoms with E-state index in [1.54, 1.807) is 0 Å². The van der Waals surface area contributed by atoms with E-state index in [1.807, 2.05) is 0 Å². The van der Waals surface area contributed by atoms with E-state index in [4.69, 9.17) is 56.8 Å². The van der Waals surface area contributed by atoms with Gasteiger partial charge in [0, 0.05) is 13.0 Å². The zero-order valence-corrected chi connectivity index (χ0v) is 34.7. The molecule has 0 aromatic carbocycles. The van der Waals surface area contributed by atoms with Gasteiger partial charge < -0.3 is 56.8 Å². The summed E-state index contributed by atoms with van der Waals surface area (Å²) in [7, 11) is 0. The Labute approximate surface area is 329 Å². The van der Waals surface area contributed by atoms with Crippen LogP contribution >= 0.6 is 0 Å². The van der Waals surface area contributed by atoms with Gasteiger partial charge in [-0.15, -0.1) is 0 Å². The van der Waals surface area contributed by atoms with Crippen molar-refractivity contribution in [3.05, 3.63) is 0 Å². The molecule has 13 heteroatoms. The molecule has 54 heavy (non-hydrogen) atoms. The van der Waals surface area contributed by atoms with E-state index >= 15 is 0 Å². The summed E-state index contributed by atoms with van der Waals surface area (Å²) in [6, 6.07) is 0. The number of unbranched alkanes of at least 4 members (excludes halogenated alkanes) is 12. The van der Waals surface area contributed by atoms with Gasteiger partial charge in [-0.25, -0.2) is 0 Å². The second-order valence-corrected chi connectivity index (χ2v) is 12.9. The fourth-order valence-electron chi connectivity index (χ4n) is 4.98. The lowest BCUT2D eigenvalue weighted by molar-refractivity contribution is -0.145. The molecular formula is C41H82O13. The zero-order chi connectivity index (χ0) is 38.9. The summed E-state index contributed by atoms with van der Waals surface area (Å²) in [5, 5.41) is 0. The van der Waals surface area contributed by atoms with Crippen molar-refractivity contribution >= 4 is 5.97 Å². The second kappa shape index (κ2) is 50.0. The molecule has 0 radical (unpaired) electrons. The van der Waals surface area contributed by atoms with Crippen LogP contribution in [-0.2, 0) is 61.6 Å². The van der Waals surface area contributed by atoms with E-state index < -0.39 is 0 Å². The molecule has 0 heterocycles. The number of esters is 1. The molecule has 0 fully saturated rings. The average molecular weight is 783 g/mol. The van der Waals surface area contributed by atoms with Gasteiger partial charge in [0.25, 0.3) is 0 Å². The molecule has 0 unspecified atom stereocenters. The van der Waals surface area contributed by atoms with Gasteiger partial charge in [-0.05, 0) is 12.8 Å². The first-order valence-electron chi connectivity index (χ1n) is 21.3. The molecule has 13 nitrogen and oxygen atoms in total. The molecule has 0 amide bonds. The van der Waals surface area contributed by atoms with E-state index in [9.17, 15) is 4.79 Å². The van der Waals surface area contributed by atoms with Gasteiger partial charge >= 0.3 is 5.97 Å². The molecule has 0 atom stereocenters. The Morgan fingerprint density at radius 1 is 0.259 bits per heavy atom. The van der Waals surface area contributed by atoms with Crippen molar-refractivity contribution in [3.8, 4) is 0 Å². The molecule has 0 aliphatic carbocycles. The van der Waals surface area contributed by atoms with Gasteiger partial charge in [0.15, 0.2) is 0 Å². The maximum atomic E-state index is 11.5. The van der Waals surface area contributed by atoms with Crippen LogP contribution in [0.1, 0.15) is 110 Å². The number of hydrogen-bond donors (Lipinski definition) is 0. The minimum atomic E-state index is -0.157. The Balaban J connectivity index is 3.07. The Morgan fingerprint density at radius 2 is 0.481 bits per heavy atom. The van der Waals surface area contributed by atoms with Crippen LogP contribution in [0, 0.1) is 0 Å². The summed E-state index contributed by atoms with van der Waals surface area (Å²) in [6.45, 7) is 16.3. The van der Waals surface area contributed by atoms with Crippen LogP contribution in [0.15, 0.2) is 0 Å². The van der Waals surface area contributed by atoms with E-state index in [0.717, 1.165) is 32.3 Å². The first-order chi connectivity index (χ1) is 26.8. The lowest BCUT2D eigenvalue weighted by Crippen LogP contribution is -2.15. The number of rotatable bonds is 49. The predicted molar refractivity (Wildman–Crippen MR) is 211 cm³/mol. The van der Waals surface area contributed by atoms with E-state index in [1.165, 1.54) is 64.2 Å². The highest BCUT2D eigenvalue weighted by Crippen LogP contribution is 2.11. The maximum Gasteiger partial charge on any atom is 0.305 e. The zero-order valence-electron chi connectivity index (χ0n) is 34.7. The van der Waals surface area contributed by atoms with E-state index in [-0.39, 0.29) is 12.6 Å². The Hall–Kier alpha value is -0.970. The van der Waals surface area contributed by atoms with Gasteiger partial charge in [-0.3, -0.25) is 4.79 Å². The van der Waals surface area contributed by atoms with Gasteiger partial charge in [-0.2, -0.15) is 0 Å². The third-order valence-corrected chi connectivity index (χ3v) is 8.09. The van der Waals surface area contributed by atoms with Gasteiger partial charge in [-0.1, -0.05) is 90.9 Å². The SMILES string of the molecule is CCCCCCCCCCCCCOCCOCCOCCOCCOCCOCCOCCOCCOCCOCCOCCOC(=O)CCCCC. The lowest BCUT2D eigenvalue weighted by atomic mass is 10.1. The largest absolute Gasteiger partial charge is 0.463 e. The predicted octanol–water partition coefficient (Wildman–Crippen LogP) is 6.60. The van der Waals surface area contributed by atoms with Crippen LogP contribution in [0.25, 0.3) is 0 Å². The molecule has 0 saturated heterocycles. The highest BCUT2D eigenvalue weighted by atomic mass is 16.6. The summed E-state index contributed by atoms with van der Waals surface area (Å²) in [6.07, 6.45) is 18.3. The number of hydrogen-bond acceptors (Lipinski definition) is 13. The van der Waals surface area contributed by atoms with Gasteiger partial charge in [0.05, 0.1) is 139 Å². The molecule has 324 valence electrons. The standard InChI is InChI=1S/C41H82O13/c1-3-5-7-8-9-10-11-12-13-14-16-18-43-19-20-44-21-22-45-23-24-46-25-26-47-27-28-48-29-30-49-31-32-50-33-34-51-35-36-52-37-38-53-39-40-54-41(42)17-15-6-4-2/h3-40H2,1-2H3. The van der Waals surface area contributed by atoms with Gasteiger partial charge in [0.2, 0.25) is 0 Å². The topological polar surface area (TPSA) is 128 Å².